The Labute approximate surface area is 112 Å². The van der Waals surface area contributed by atoms with Crippen LogP contribution in [0.1, 0.15) is 37.6 Å². The quantitative estimate of drug-likeness (QED) is 0.824. The van der Waals surface area contributed by atoms with Crippen LogP contribution < -0.4 is 0 Å². The standard InChI is InChI=1S/C14H21NO2S/c1-3-15(9-10(2)14(16)17)13(11-6-7-11)12-5-4-8-18-12/h4-5,8,10-11,13H,3,6-7,9H2,1-2H3,(H,16,17). The monoisotopic (exact) mass is 267 g/mol. The van der Waals surface area contributed by atoms with E-state index in [0.29, 0.717) is 12.6 Å². The largest absolute Gasteiger partial charge is 0.481 e. The van der Waals surface area contributed by atoms with Gasteiger partial charge in [0.1, 0.15) is 0 Å². The summed E-state index contributed by atoms with van der Waals surface area (Å²) >= 11 is 1.79. The Bertz CT molecular complexity index is 387. The lowest BCUT2D eigenvalue weighted by Crippen LogP contribution is -2.35. The molecule has 1 aliphatic rings. The first-order valence-corrected chi connectivity index (χ1v) is 7.51. The van der Waals surface area contributed by atoms with E-state index in [-0.39, 0.29) is 5.92 Å². The van der Waals surface area contributed by atoms with Crippen LogP contribution in [0.3, 0.4) is 0 Å². The van der Waals surface area contributed by atoms with Crippen LogP contribution in [0.25, 0.3) is 0 Å². The van der Waals surface area contributed by atoms with E-state index in [9.17, 15) is 4.79 Å². The second-order valence-electron chi connectivity index (χ2n) is 5.12. The molecular weight excluding hydrogens is 246 g/mol. The predicted molar refractivity (Wildman–Crippen MR) is 73.8 cm³/mol. The van der Waals surface area contributed by atoms with Gasteiger partial charge in [0.15, 0.2) is 0 Å². The lowest BCUT2D eigenvalue weighted by atomic mass is 10.1. The van der Waals surface area contributed by atoms with Gasteiger partial charge in [0.05, 0.1) is 5.92 Å². The first-order chi connectivity index (χ1) is 8.63. The van der Waals surface area contributed by atoms with Gasteiger partial charge in [-0.05, 0) is 36.8 Å². The van der Waals surface area contributed by atoms with Gasteiger partial charge in [-0.15, -0.1) is 11.3 Å². The van der Waals surface area contributed by atoms with Gasteiger partial charge in [0.25, 0.3) is 0 Å². The molecule has 0 bridgehead atoms. The molecule has 0 aromatic carbocycles. The minimum atomic E-state index is -0.700. The summed E-state index contributed by atoms with van der Waals surface area (Å²) in [5, 5.41) is 11.2. The Hall–Kier alpha value is -0.870. The van der Waals surface area contributed by atoms with E-state index in [1.807, 2.05) is 0 Å². The third-order valence-electron chi connectivity index (χ3n) is 3.63. The fraction of sp³-hybridized carbons (Fsp3) is 0.643. The number of carboxylic acid groups (broad SMARTS) is 1. The highest BCUT2D eigenvalue weighted by Crippen LogP contribution is 2.45. The second-order valence-corrected chi connectivity index (χ2v) is 6.10. The molecule has 1 aromatic heterocycles. The third kappa shape index (κ3) is 3.12. The molecule has 2 unspecified atom stereocenters. The van der Waals surface area contributed by atoms with Crippen LogP contribution in [0.2, 0.25) is 0 Å². The Kier molecular flexibility index (Phi) is 4.40. The van der Waals surface area contributed by atoms with Crippen LogP contribution in [0.15, 0.2) is 17.5 Å². The zero-order valence-electron chi connectivity index (χ0n) is 11.0. The van der Waals surface area contributed by atoms with Crippen molar-refractivity contribution >= 4 is 17.3 Å². The minimum absolute atomic E-state index is 0.300. The van der Waals surface area contributed by atoms with Crippen molar-refractivity contribution in [1.82, 2.24) is 4.90 Å². The molecule has 1 aliphatic carbocycles. The zero-order valence-corrected chi connectivity index (χ0v) is 11.8. The van der Waals surface area contributed by atoms with Gasteiger partial charge in [-0.2, -0.15) is 0 Å². The van der Waals surface area contributed by atoms with Gasteiger partial charge in [-0.1, -0.05) is 19.9 Å². The molecule has 0 radical (unpaired) electrons. The third-order valence-corrected chi connectivity index (χ3v) is 4.58. The summed E-state index contributed by atoms with van der Waals surface area (Å²) in [6.07, 6.45) is 2.56. The lowest BCUT2D eigenvalue weighted by Gasteiger charge is -2.31. The molecule has 18 heavy (non-hydrogen) atoms. The fourth-order valence-electron chi connectivity index (χ4n) is 2.45. The van der Waals surface area contributed by atoms with Gasteiger partial charge >= 0.3 is 5.97 Å². The van der Waals surface area contributed by atoms with Crippen molar-refractivity contribution < 1.29 is 9.90 Å². The molecule has 4 heteroatoms. The van der Waals surface area contributed by atoms with E-state index in [2.05, 4.69) is 29.3 Å². The number of rotatable bonds is 7. The Morgan fingerprint density at radius 2 is 2.33 bits per heavy atom. The highest BCUT2D eigenvalue weighted by Gasteiger charge is 2.37. The van der Waals surface area contributed by atoms with E-state index >= 15 is 0 Å². The van der Waals surface area contributed by atoms with E-state index in [4.69, 9.17) is 5.11 Å². The number of nitrogens with zero attached hydrogens (tertiary/aromatic N) is 1. The van der Waals surface area contributed by atoms with Gasteiger partial charge in [-0.3, -0.25) is 9.69 Å². The summed E-state index contributed by atoms with van der Waals surface area (Å²) in [5.74, 6) is -0.273. The molecule has 2 atom stereocenters. The van der Waals surface area contributed by atoms with Crippen molar-refractivity contribution in [3.05, 3.63) is 22.4 Å². The van der Waals surface area contributed by atoms with E-state index in [1.54, 1.807) is 18.3 Å². The molecule has 3 nitrogen and oxygen atoms in total. The molecule has 0 spiro atoms. The number of carbonyl (C=O) groups is 1. The van der Waals surface area contributed by atoms with Crippen molar-refractivity contribution in [2.45, 2.75) is 32.7 Å². The van der Waals surface area contributed by atoms with Crippen LogP contribution >= 0.6 is 11.3 Å². The summed E-state index contributed by atoms with van der Waals surface area (Å²) in [6, 6.07) is 4.70. The maximum Gasteiger partial charge on any atom is 0.307 e. The van der Waals surface area contributed by atoms with Crippen LogP contribution in [-0.2, 0) is 4.79 Å². The molecule has 1 fully saturated rings. The average Bonchev–Trinajstić information content (AvgIpc) is 3.03. The molecule has 0 aliphatic heterocycles. The van der Waals surface area contributed by atoms with Crippen LogP contribution in [0.4, 0.5) is 0 Å². The Morgan fingerprint density at radius 1 is 1.61 bits per heavy atom. The molecule has 1 N–H and O–H groups in total. The van der Waals surface area contributed by atoms with E-state index < -0.39 is 5.97 Å². The Morgan fingerprint density at radius 3 is 2.78 bits per heavy atom. The number of carboxylic acids is 1. The van der Waals surface area contributed by atoms with Gasteiger partial charge < -0.3 is 5.11 Å². The summed E-state index contributed by atoms with van der Waals surface area (Å²) in [5.41, 5.74) is 0. The number of hydrogen-bond acceptors (Lipinski definition) is 3. The maximum absolute atomic E-state index is 11.0. The number of hydrogen-bond donors (Lipinski definition) is 1. The molecule has 1 heterocycles. The topological polar surface area (TPSA) is 40.5 Å². The van der Waals surface area contributed by atoms with Crippen molar-refractivity contribution in [2.75, 3.05) is 13.1 Å². The van der Waals surface area contributed by atoms with E-state index in [0.717, 1.165) is 12.5 Å². The van der Waals surface area contributed by atoms with Crippen molar-refractivity contribution in [2.24, 2.45) is 11.8 Å². The van der Waals surface area contributed by atoms with Crippen LogP contribution in [0.5, 0.6) is 0 Å². The Balaban J connectivity index is 2.10. The summed E-state index contributed by atoms with van der Waals surface area (Å²) in [6.45, 7) is 5.47. The van der Waals surface area contributed by atoms with E-state index in [1.165, 1.54) is 17.7 Å². The minimum Gasteiger partial charge on any atom is -0.481 e. The average molecular weight is 267 g/mol. The second kappa shape index (κ2) is 5.85. The maximum atomic E-state index is 11.0. The van der Waals surface area contributed by atoms with Crippen molar-refractivity contribution in [1.29, 1.82) is 0 Å². The summed E-state index contributed by atoms with van der Waals surface area (Å²) in [7, 11) is 0. The first kappa shape index (κ1) is 13.6. The molecule has 1 saturated carbocycles. The van der Waals surface area contributed by atoms with Crippen LogP contribution in [-0.4, -0.2) is 29.1 Å². The summed E-state index contributed by atoms with van der Waals surface area (Å²) in [4.78, 5) is 14.7. The zero-order chi connectivity index (χ0) is 13.1. The molecule has 0 amide bonds. The molecular formula is C14H21NO2S. The fourth-order valence-corrected chi connectivity index (χ4v) is 3.40. The SMILES string of the molecule is CCN(CC(C)C(=O)O)C(c1cccs1)C1CC1. The van der Waals surface area contributed by atoms with Gasteiger partial charge in [0, 0.05) is 17.5 Å². The molecule has 2 rings (SSSR count). The van der Waals surface area contributed by atoms with Crippen molar-refractivity contribution in [3.63, 3.8) is 0 Å². The van der Waals surface area contributed by atoms with Crippen LogP contribution in [0, 0.1) is 11.8 Å². The van der Waals surface area contributed by atoms with Gasteiger partial charge in [0.2, 0.25) is 0 Å². The first-order valence-electron chi connectivity index (χ1n) is 6.63. The molecule has 1 aromatic rings. The van der Waals surface area contributed by atoms with Crippen molar-refractivity contribution in [3.8, 4) is 0 Å². The predicted octanol–water partition coefficient (Wildman–Crippen LogP) is 3.24. The normalized spacial score (nSPS) is 18.8. The summed E-state index contributed by atoms with van der Waals surface area (Å²) < 4.78 is 0. The number of thiophene rings is 1. The highest BCUT2D eigenvalue weighted by molar-refractivity contribution is 7.10. The smallest absolute Gasteiger partial charge is 0.307 e. The van der Waals surface area contributed by atoms with Gasteiger partial charge in [-0.25, -0.2) is 0 Å². The molecule has 0 saturated heterocycles. The highest BCUT2D eigenvalue weighted by atomic mass is 32.1. The number of aliphatic carboxylic acids is 1. The molecule has 100 valence electrons. The lowest BCUT2D eigenvalue weighted by molar-refractivity contribution is -0.142.